The maximum Gasteiger partial charge on any atom is 0.252 e. The molecule has 1 heterocycles. The minimum Gasteiger partial charge on any atom is -0.343 e. The first kappa shape index (κ1) is 17.6. The third-order valence-electron chi connectivity index (χ3n) is 3.53. The van der Waals surface area contributed by atoms with Crippen LogP contribution >= 0.6 is 0 Å². The highest BCUT2D eigenvalue weighted by Gasteiger charge is 2.15. The molecule has 1 amide bonds. The number of nitrogens with zero attached hydrogens (tertiary/aromatic N) is 1. The Morgan fingerprint density at radius 1 is 1.12 bits per heavy atom. The number of aldehydes is 1. The minimum absolute atomic E-state index is 0.242. The highest BCUT2D eigenvalue weighted by atomic mass is 16.2. The molecule has 0 aliphatic carbocycles. The standard InChI is InChI=1S/C20H22N2O2/c1-15(2)13-18(14-23)22-20(24)19-9-4-3-7-16(19)10-11-17-8-5-6-12-21-17/h3-12,14-15,18H,13H2,1-2H3,(H,22,24)/b11-10+. The average Bonchev–Trinajstić information content (AvgIpc) is 2.60. The molecule has 0 saturated carbocycles. The first-order valence-corrected chi connectivity index (χ1v) is 8.04. The largest absolute Gasteiger partial charge is 0.343 e. The minimum atomic E-state index is -0.467. The van der Waals surface area contributed by atoms with E-state index in [0.717, 1.165) is 17.5 Å². The third-order valence-corrected chi connectivity index (χ3v) is 3.53. The maximum atomic E-state index is 12.5. The number of rotatable bonds is 7. The lowest BCUT2D eigenvalue weighted by Gasteiger charge is -2.15. The Bertz CT molecular complexity index is 709. The molecule has 1 unspecified atom stereocenters. The van der Waals surface area contributed by atoms with E-state index in [2.05, 4.69) is 10.3 Å². The summed E-state index contributed by atoms with van der Waals surface area (Å²) in [5.41, 5.74) is 2.15. The van der Waals surface area contributed by atoms with E-state index in [1.54, 1.807) is 12.3 Å². The molecule has 2 rings (SSSR count). The summed E-state index contributed by atoms with van der Waals surface area (Å²) in [7, 11) is 0. The van der Waals surface area contributed by atoms with Crippen LogP contribution in [0.5, 0.6) is 0 Å². The Hall–Kier alpha value is -2.75. The molecule has 0 bridgehead atoms. The summed E-state index contributed by atoms with van der Waals surface area (Å²) in [6.07, 6.45) is 6.86. The van der Waals surface area contributed by atoms with Crippen LogP contribution in [0.3, 0.4) is 0 Å². The van der Waals surface area contributed by atoms with Crippen molar-refractivity contribution in [3.63, 3.8) is 0 Å². The zero-order valence-electron chi connectivity index (χ0n) is 14.0. The van der Waals surface area contributed by atoms with Crippen molar-refractivity contribution >= 4 is 24.3 Å². The molecule has 4 heteroatoms. The lowest BCUT2D eigenvalue weighted by Crippen LogP contribution is -2.37. The Morgan fingerprint density at radius 2 is 1.88 bits per heavy atom. The fourth-order valence-electron chi connectivity index (χ4n) is 2.40. The van der Waals surface area contributed by atoms with E-state index in [1.165, 1.54) is 0 Å². The number of benzene rings is 1. The molecule has 1 N–H and O–H groups in total. The van der Waals surface area contributed by atoms with Gasteiger partial charge in [0.2, 0.25) is 0 Å². The van der Waals surface area contributed by atoms with E-state index in [-0.39, 0.29) is 5.91 Å². The fraction of sp³-hybridized carbons (Fsp3) is 0.250. The van der Waals surface area contributed by atoms with E-state index >= 15 is 0 Å². The van der Waals surface area contributed by atoms with Crippen LogP contribution < -0.4 is 5.32 Å². The molecule has 1 aromatic carbocycles. The van der Waals surface area contributed by atoms with Gasteiger partial charge in [0.25, 0.3) is 5.91 Å². The SMILES string of the molecule is CC(C)CC(C=O)NC(=O)c1ccccc1/C=C/c1ccccn1. The Balaban J connectivity index is 2.17. The van der Waals surface area contributed by atoms with Gasteiger partial charge in [-0.1, -0.05) is 44.2 Å². The van der Waals surface area contributed by atoms with E-state index in [4.69, 9.17) is 0 Å². The molecular weight excluding hydrogens is 300 g/mol. The van der Waals surface area contributed by atoms with Crippen molar-refractivity contribution in [2.75, 3.05) is 0 Å². The van der Waals surface area contributed by atoms with E-state index in [0.29, 0.717) is 17.9 Å². The smallest absolute Gasteiger partial charge is 0.252 e. The van der Waals surface area contributed by atoms with Crippen LogP contribution in [0.4, 0.5) is 0 Å². The lowest BCUT2D eigenvalue weighted by atomic mass is 10.0. The summed E-state index contributed by atoms with van der Waals surface area (Å²) in [5.74, 6) is 0.0915. The number of aromatic nitrogens is 1. The zero-order chi connectivity index (χ0) is 17.4. The van der Waals surface area contributed by atoms with Crippen LogP contribution in [0.2, 0.25) is 0 Å². The molecule has 0 fully saturated rings. The number of pyridine rings is 1. The van der Waals surface area contributed by atoms with Gasteiger partial charge in [-0.3, -0.25) is 9.78 Å². The normalized spacial score (nSPS) is 12.3. The van der Waals surface area contributed by atoms with Crippen LogP contribution in [0.25, 0.3) is 12.2 Å². The second kappa shape index (κ2) is 8.77. The molecule has 0 aliphatic rings. The molecular formula is C20H22N2O2. The number of carbonyl (C=O) groups excluding carboxylic acids is 2. The second-order valence-electron chi connectivity index (χ2n) is 6.02. The first-order valence-electron chi connectivity index (χ1n) is 8.04. The van der Waals surface area contributed by atoms with Gasteiger partial charge in [0.15, 0.2) is 0 Å². The summed E-state index contributed by atoms with van der Waals surface area (Å²) >= 11 is 0. The van der Waals surface area contributed by atoms with Crippen molar-refractivity contribution in [3.05, 3.63) is 65.5 Å². The lowest BCUT2D eigenvalue weighted by molar-refractivity contribution is -0.109. The molecule has 2 aromatic rings. The zero-order valence-corrected chi connectivity index (χ0v) is 14.0. The maximum absolute atomic E-state index is 12.5. The van der Waals surface area contributed by atoms with Crippen molar-refractivity contribution < 1.29 is 9.59 Å². The van der Waals surface area contributed by atoms with Gasteiger partial charge < -0.3 is 10.1 Å². The topological polar surface area (TPSA) is 59.1 Å². The molecule has 4 nitrogen and oxygen atoms in total. The highest BCUT2D eigenvalue weighted by molar-refractivity contribution is 5.99. The Labute approximate surface area is 142 Å². The molecule has 0 aliphatic heterocycles. The van der Waals surface area contributed by atoms with Gasteiger partial charge in [0.05, 0.1) is 11.7 Å². The van der Waals surface area contributed by atoms with Gasteiger partial charge in [-0.15, -0.1) is 0 Å². The summed E-state index contributed by atoms with van der Waals surface area (Å²) in [4.78, 5) is 27.9. The quantitative estimate of drug-likeness (QED) is 0.792. The molecule has 1 atom stereocenters. The number of nitrogens with one attached hydrogen (secondary N) is 1. The molecule has 124 valence electrons. The predicted octanol–water partition coefficient (Wildman–Crippen LogP) is 3.60. The van der Waals surface area contributed by atoms with Crippen LogP contribution in [0, 0.1) is 5.92 Å². The molecule has 0 spiro atoms. The van der Waals surface area contributed by atoms with Crippen molar-refractivity contribution in [3.8, 4) is 0 Å². The Morgan fingerprint density at radius 3 is 2.54 bits per heavy atom. The number of hydrogen-bond donors (Lipinski definition) is 1. The van der Waals surface area contributed by atoms with Gasteiger partial charge >= 0.3 is 0 Å². The van der Waals surface area contributed by atoms with Crippen molar-refractivity contribution in [1.82, 2.24) is 10.3 Å². The molecule has 24 heavy (non-hydrogen) atoms. The van der Waals surface area contributed by atoms with E-state index in [1.807, 2.05) is 62.4 Å². The van der Waals surface area contributed by atoms with Crippen molar-refractivity contribution in [2.45, 2.75) is 26.3 Å². The van der Waals surface area contributed by atoms with Crippen LogP contribution in [0.15, 0.2) is 48.7 Å². The second-order valence-corrected chi connectivity index (χ2v) is 6.02. The third kappa shape index (κ3) is 5.16. The van der Waals surface area contributed by atoms with Gasteiger partial charge in [-0.2, -0.15) is 0 Å². The summed E-state index contributed by atoms with van der Waals surface area (Å²) < 4.78 is 0. The molecule has 0 radical (unpaired) electrons. The Kier molecular flexibility index (Phi) is 6.43. The number of hydrogen-bond acceptors (Lipinski definition) is 3. The molecule has 0 saturated heterocycles. The average molecular weight is 322 g/mol. The van der Waals surface area contributed by atoms with Crippen molar-refractivity contribution in [2.24, 2.45) is 5.92 Å². The van der Waals surface area contributed by atoms with Crippen LogP contribution in [0.1, 0.15) is 41.9 Å². The van der Waals surface area contributed by atoms with Gasteiger partial charge in [-0.05, 0) is 42.2 Å². The summed E-state index contributed by atoms with van der Waals surface area (Å²) in [6, 6.07) is 12.5. The summed E-state index contributed by atoms with van der Waals surface area (Å²) in [5, 5.41) is 2.80. The van der Waals surface area contributed by atoms with Gasteiger partial charge in [-0.25, -0.2) is 0 Å². The van der Waals surface area contributed by atoms with Gasteiger partial charge in [0.1, 0.15) is 6.29 Å². The van der Waals surface area contributed by atoms with Gasteiger partial charge in [0, 0.05) is 11.8 Å². The fourth-order valence-corrected chi connectivity index (χ4v) is 2.40. The summed E-state index contributed by atoms with van der Waals surface area (Å²) in [6.45, 7) is 4.04. The number of carbonyl (C=O) groups is 2. The first-order chi connectivity index (χ1) is 11.6. The predicted molar refractivity (Wildman–Crippen MR) is 96.4 cm³/mol. The van der Waals surface area contributed by atoms with Crippen molar-refractivity contribution in [1.29, 1.82) is 0 Å². The number of amides is 1. The van der Waals surface area contributed by atoms with Crippen LogP contribution in [-0.2, 0) is 4.79 Å². The molecule has 1 aromatic heterocycles. The van der Waals surface area contributed by atoms with E-state index in [9.17, 15) is 9.59 Å². The van der Waals surface area contributed by atoms with Crippen LogP contribution in [-0.4, -0.2) is 23.2 Å². The monoisotopic (exact) mass is 322 g/mol. The highest BCUT2D eigenvalue weighted by Crippen LogP contribution is 2.13. The van der Waals surface area contributed by atoms with E-state index < -0.39 is 6.04 Å².